The summed E-state index contributed by atoms with van der Waals surface area (Å²) in [5.41, 5.74) is -0.875. The van der Waals surface area contributed by atoms with Gasteiger partial charge < -0.3 is 19.5 Å². The number of halogens is 3. The van der Waals surface area contributed by atoms with Crippen LogP contribution >= 0.6 is 0 Å². The molecular weight excluding hydrogens is 379 g/mol. The smallest absolute Gasteiger partial charge is 0.416 e. The zero-order valence-electron chi connectivity index (χ0n) is 14.7. The van der Waals surface area contributed by atoms with Gasteiger partial charge in [0.15, 0.2) is 17.6 Å². The third-order valence-electron chi connectivity index (χ3n) is 3.89. The van der Waals surface area contributed by atoms with Crippen molar-refractivity contribution in [3.05, 3.63) is 53.6 Å². The predicted octanol–water partition coefficient (Wildman–Crippen LogP) is 3.66. The number of rotatable bonds is 4. The highest BCUT2D eigenvalue weighted by atomic mass is 19.4. The van der Waals surface area contributed by atoms with E-state index in [9.17, 15) is 22.8 Å². The molecule has 1 amide bonds. The Balaban J connectivity index is 1.63. The molecular formula is C19H16F3NO5. The van der Waals surface area contributed by atoms with Crippen LogP contribution in [0.4, 0.5) is 18.9 Å². The van der Waals surface area contributed by atoms with Gasteiger partial charge in [0, 0.05) is 11.8 Å². The van der Waals surface area contributed by atoms with Crippen LogP contribution < -0.4 is 14.8 Å². The van der Waals surface area contributed by atoms with E-state index in [4.69, 9.17) is 14.2 Å². The van der Waals surface area contributed by atoms with Crippen LogP contribution in [0.2, 0.25) is 0 Å². The standard InChI is InChI=1S/C19H16F3NO5/c1-11(28-18(25)12-3-2-4-13(9-12)19(20,21)22)17(24)23-14-5-6-15-16(10-14)27-8-7-26-15/h2-6,9-11H,7-8H2,1H3,(H,23,24)/t11-/m1/s1. The number of carbonyl (C=O) groups excluding carboxylic acids is 2. The van der Waals surface area contributed by atoms with E-state index in [-0.39, 0.29) is 5.56 Å². The third kappa shape index (κ3) is 4.54. The number of alkyl halides is 3. The number of nitrogens with one attached hydrogen (secondary N) is 1. The maximum atomic E-state index is 12.7. The van der Waals surface area contributed by atoms with E-state index in [2.05, 4.69) is 5.32 Å². The van der Waals surface area contributed by atoms with Crippen LogP contribution in [0.25, 0.3) is 0 Å². The molecule has 28 heavy (non-hydrogen) atoms. The Hall–Kier alpha value is -3.23. The van der Waals surface area contributed by atoms with Crippen molar-refractivity contribution >= 4 is 17.6 Å². The van der Waals surface area contributed by atoms with Gasteiger partial charge in [0.05, 0.1) is 11.1 Å². The van der Waals surface area contributed by atoms with Gasteiger partial charge in [-0.2, -0.15) is 13.2 Å². The molecule has 0 radical (unpaired) electrons. The van der Waals surface area contributed by atoms with Crippen LogP contribution in [0.15, 0.2) is 42.5 Å². The second-order valence-corrected chi connectivity index (χ2v) is 5.97. The number of carbonyl (C=O) groups is 2. The minimum atomic E-state index is -4.59. The van der Waals surface area contributed by atoms with E-state index >= 15 is 0 Å². The molecule has 0 spiro atoms. The highest BCUT2D eigenvalue weighted by Gasteiger charge is 2.31. The second-order valence-electron chi connectivity index (χ2n) is 5.97. The van der Waals surface area contributed by atoms with Gasteiger partial charge in [-0.1, -0.05) is 6.07 Å². The molecule has 3 rings (SSSR count). The number of ether oxygens (including phenoxy) is 3. The van der Waals surface area contributed by atoms with E-state index in [1.165, 1.54) is 13.0 Å². The maximum absolute atomic E-state index is 12.7. The molecule has 0 aromatic heterocycles. The Morgan fingerprint density at radius 2 is 1.79 bits per heavy atom. The molecule has 0 aliphatic carbocycles. The fourth-order valence-electron chi connectivity index (χ4n) is 2.47. The van der Waals surface area contributed by atoms with Crippen LogP contribution in [0, 0.1) is 0 Å². The molecule has 1 aliphatic rings. The van der Waals surface area contributed by atoms with Crippen molar-refractivity contribution in [3.8, 4) is 11.5 Å². The molecule has 148 valence electrons. The van der Waals surface area contributed by atoms with Crippen molar-refractivity contribution < 1.29 is 37.0 Å². The quantitative estimate of drug-likeness (QED) is 0.800. The summed E-state index contributed by atoms with van der Waals surface area (Å²) in [6, 6.07) is 8.58. The molecule has 0 saturated carbocycles. The molecule has 0 bridgehead atoms. The van der Waals surface area contributed by atoms with Gasteiger partial charge in [-0.3, -0.25) is 4.79 Å². The van der Waals surface area contributed by atoms with Crippen LogP contribution in [0.1, 0.15) is 22.8 Å². The number of fused-ring (bicyclic) bond motifs is 1. The summed E-state index contributed by atoms with van der Waals surface area (Å²) < 4.78 is 54.0. The summed E-state index contributed by atoms with van der Waals surface area (Å²) in [6.07, 6.45) is -5.81. The average Bonchev–Trinajstić information content (AvgIpc) is 2.67. The summed E-state index contributed by atoms with van der Waals surface area (Å²) in [5.74, 6) is -0.654. The first-order chi connectivity index (χ1) is 13.2. The molecule has 0 saturated heterocycles. The number of amides is 1. The fraction of sp³-hybridized carbons (Fsp3) is 0.263. The zero-order valence-corrected chi connectivity index (χ0v) is 14.7. The van der Waals surface area contributed by atoms with E-state index < -0.39 is 29.7 Å². The molecule has 2 aromatic rings. The summed E-state index contributed by atoms with van der Waals surface area (Å²) >= 11 is 0. The predicted molar refractivity (Wildman–Crippen MR) is 92.4 cm³/mol. The number of benzene rings is 2. The van der Waals surface area contributed by atoms with Crippen LogP contribution in [0.3, 0.4) is 0 Å². The molecule has 1 N–H and O–H groups in total. The first-order valence-corrected chi connectivity index (χ1v) is 8.33. The highest BCUT2D eigenvalue weighted by Crippen LogP contribution is 2.33. The fourth-order valence-corrected chi connectivity index (χ4v) is 2.47. The van der Waals surface area contributed by atoms with Gasteiger partial charge in [-0.15, -0.1) is 0 Å². The number of hydrogen-bond donors (Lipinski definition) is 1. The Morgan fingerprint density at radius 3 is 2.50 bits per heavy atom. The van der Waals surface area contributed by atoms with Crippen molar-refractivity contribution in [3.63, 3.8) is 0 Å². The topological polar surface area (TPSA) is 73.9 Å². The normalized spacial score (nSPS) is 14.1. The van der Waals surface area contributed by atoms with E-state index in [0.717, 1.165) is 12.1 Å². The Kier molecular flexibility index (Phi) is 5.43. The van der Waals surface area contributed by atoms with Crippen molar-refractivity contribution in [1.82, 2.24) is 0 Å². The first kappa shape index (κ1) is 19.5. The minimum absolute atomic E-state index is 0.297. The first-order valence-electron chi connectivity index (χ1n) is 8.33. The Bertz CT molecular complexity index is 897. The lowest BCUT2D eigenvalue weighted by atomic mass is 10.1. The van der Waals surface area contributed by atoms with Crippen LogP contribution in [-0.2, 0) is 15.7 Å². The van der Waals surface area contributed by atoms with Gasteiger partial charge in [0.25, 0.3) is 5.91 Å². The molecule has 1 aliphatic heterocycles. The van der Waals surface area contributed by atoms with E-state index in [0.29, 0.717) is 36.5 Å². The largest absolute Gasteiger partial charge is 0.486 e. The van der Waals surface area contributed by atoms with E-state index in [1.807, 2.05) is 0 Å². The van der Waals surface area contributed by atoms with Crippen molar-refractivity contribution in [1.29, 1.82) is 0 Å². The minimum Gasteiger partial charge on any atom is -0.486 e. The molecule has 0 fully saturated rings. The summed E-state index contributed by atoms with van der Waals surface area (Å²) in [6.45, 7) is 2.13. The van der Waals surface area contributed by atoms with Gasteiger partial charge in [0.1, 0.15) is 13.2 Å². The number of hydrogen-bond acceptors (Lipinski definition) is 5. The molecule has 6 nitrogen and oxygen atoms in total. The molecule has 1 heterocycles. The molecule has 2 aromatic carbocycles. The average molecular weight is 395 g/mol. The molecule has 1 atom stereocenters. The number of anilines is 1. The van der Waals surface area contributed by atoms with Gasteiger partial charge in [-0.05, 0) is 37.3 Å². The summed E-state index contributed by atoms with van der Waals surface area (Å²) in [5, 5.41) is 2.55. The maximum Gasteiger partial charge on any atom is 0.416 e. The lowest BCUT2D eigenvalue weighted by molar-refractivity contribution is -0.137. The van der Waals surface area contributed by atoms with Gasteiger partial charge in [-0.25, -0.2) is 4.79 Å². The van der Waals surface area contributed by atoms with Crippen LogP contribution in [-0.4, -0.2) is 31.2 Å². The van der Waals surface area contributed by atoms with Crippen molar-refractivity contribution in [2.24, 2.45) is 0 Å². The zero-order chi connectivity index (χ0) is 20.3. The van der Waals surface area contributed by atoms with E-state index in [1.54, 1.807) is 18.2 Å². The monoisotopic (exact) mass is 395 g/mol. The number of esters is 1. The van der Waals surface area contributed by atoms with Crippen molar-refractivity contribution in [2.45, 2.75) is 19.2 Å². The SMILES string of the molecule is C[C@@H](OC(=O)c1cccc(C(F)(F)F)c1)C(=O)Nc1ccc2c(c1)OCCO2. The van der Waals surface area contributed by atoms with Crippen LogP contribution in [0.5, 0.6) is 11.5 Å². The molecule has 9 heteroatoms. The van der Waals surface area contributed by atoms with Gasteiger partial charge in [0.2, 0.25) is 0 Å². The third-order valence-corrected chi connectivity index (χ3v) is 3.89. The second kappa shape index (κ2) is 7.79. The summed E-state index contributed by atoms with van der Waals surface area (Å²) in [4.78, 5) is 24.3. The highest BCUT2D eigenvalue weighted by molar-refractivity contribution is 5.97. The van der Waals surface area contributed by atoms with Crippen molar-refractivity contribution in [2.75, 3.05) is 18.5 Å². The Labute approximate surface area is 158 Å². The van der Waals surface area contributed by atoms with Gasteiger partial charge >= 0.3 is 12.1 Å². The Morgan fingerprint density at radius 1 is 1.07 bits per heavy atom. The lowest BCUT2D eigenvalue weighted by Crippen LogP contribution is -2.30. The lowest BCUT2D eigenvalue weighted by Gasteiger charge is -2.19. The summed E-state index contributed by atoms with van der Waals surface area (Å²) in [7, 11) is 0. The molecule has 0 unspecified atom stereocenters.